The minimum atomic E-state index is 0.715. The van der Waals surface area contributed by atoms with Crippen LogP contribution >= 0.6 is 11.3 Å². The van der Waals surface area contributed by atoms with Crippen molar-refractivity contribution in [2.45, 2.75) is 0 Å². The Bertz CT molecular complexity index is 3330. The van der Waals surface area contributed by atoms with Gasteiger partial charge in [-0.1, -0.05) is 188 Å². The van der Waals surface area contributed by atoms with Crippen LogP contribution in [0.2, 0.25) is 0 Å². The maximum Gasteiger partial charge on any atom is 0.160 e. The predicted molar refractivity (Wildman–Crippen MR) is 258 cm³/mol. The van der Waals surface area contributed by atoms with Gasteiger partial charge in [0.25, 0.3) is 0 Å². The molecule has 0 fully saturated rings. The summed E-state index contributed by atoms with van der Waals surface area (Å²) in [5.74, 6) is 0.715. The molecule has 0 unspecified atom stereocenters. The van der Waals surface area contributed by atoms with E-state index in [1.165, 1.54) is 49.2 Å². The summed E-state index contributed by atoms with van der Waals surface area (Å²) in [6, 6.07) is 82.5. The first-order chi connectivity index (χ1) is 30.2. The van der Waals surface area contributed by atoms with Gasteiger partial charge in [0, 0.05) is 21.2 Å². The summed E-state index contributed by atoms with van der Waals surface area (Å²) in [5.41, 5.74) is 18.1. The smallest absolute Gasteiger partial charge is 0.160 e. The Hall–Kier alpha value is -7.72. The lowest BCUT2D eigenvalue weighted by molar-refractivity contribution is 1.24. The molecule has 11 rings (SSSR count). The Labute approximate surface area is 359 Å². The molecule has 2 nitrogen and oxygen atoms in total. The van der Waals surface area contributed by atoms with E-state index in [1.54, 1.807) is 11.3 Å². The van der Waals surface area contributed by atoms with Crippen molar-refractivity contribution in [3.8, 4) is 89.4 Å². The molecular weight excluding hydrogens is 757 g/mol. The molecule has 0 N–H and O–H groups in total. The van der Waals surface area contributed by atoms with Gasteiger partial charge in [-0.15, -0.1) is 11.3 Å². The first kappa shape index (κ1) is 36.4. The van der Waals surface area contributed by atoms with Gasteiger partial charge in [0.15, 0.2) is 5.82 Å². The molecule has 0 amide bonds. The largest absolute Gasteiger partial charge is 0.226 e. The van der Waals surface area contributed by atoms with E-state index in [1.807, 2.05) is 0 Å². The number of nitrogens with zero attached hydrogens (tertiary/aromatic N) is 2. The van der Waals surface area contributed by atoms with Crippen LogP contribution < -0.4 is 0 Å². The molecule has 286 valence electrons. The Balaban J connectivity index is 0.993. The van der Waals surface area contributed by atoms with Gasteiger partial charge in [0.05, 0.1) is 15.9 Å². The highest BCUT2D eigenvalue weighted by molar-refractivity contribution is 7.26. The van der Waals surface area contributed by atoms with Crippen LogP contribution in [0.25, 0.3) is 110 Å². The lowest BCUT2D eigenvalue weighted by atomic mass is 9.91. The molecule has 11 aromatic rings. The first-order valence-electron chi connectivity index (χ1n) is 20.6. The van der Waals surface area contributed by atoms with E-state index in [-0.39, 0.29) is 0 Å². The van der Waals surface area contributed by atoms with Gasteiger partial charge < -0.3 is 0 Å². The Morgan fingerprint density at radius 1 is 0.262 bits per heavy atom. The zero-order valence-corrected chi connectivity index (χ0v) is 34.1. The van der Waals surface area contributed by atoms with E-state index < -0.39 is 0 Å². The molecule has 0 saturated carbocycles. The number of fused-ring (bicyclic) bond motifs is 3. The quantitative estimate of drug-likeness (QED) is 0.153. The van der Waals surface area contributed by atoms with Crippen molar-refractivity contribution in [1.82, 2.24) is 9.97 Å². The molecule has 3 heteroatoms. The van der Waals surface area contributed by atoms with Gasteiger partial charge in [0.1, 0.15) is 0 Å². The maximum absolute atomic E-state index is 5.37. The van der Waals surface area contributed by atoms with Crippen LogP contribution in [0.15, 0.2) is 231 Å². The van der Waals surface area contributed by atoms with Crippen LogP contribution in [0, 0.1) is 0 Å². The molecule has 0 aliphatic carbocycles. The molecule has 0 aliphatic rings. The van der Waals surface area contributed by atoms with Crippen molar-refractivity contribution in [2.75, 3.05) is 0 Å². The number of thiophene rings is 1. The normalized spacial score (nSPS) is 11.3. The van der Waals surface area contributed by atoms with E-state index in [0.29, 0.717) is 5.82 Å². The zero-order chi connectivity index (χ0) is 40.5. The Kier molecular flexibility index (Phi) is 9.42. The molecule has 0 aliphatic heterocycles. The number of hydrogen-bond donors (Lipinski definition) is 0. The minimum Gasteiger partial charge on any atom is -0.226 e. The summed E-state index contributed by atoms with van der Waals surface area (Å²) in [7, 11) is 0. The molecular formula is C58H38N2S. The van der Waals surface area contributed by atoms with Gasteiger partial charge >= 0.3 is 0 Å². The van der Waals surface area contributed by atoms with Crippen LogP contribution in [0.3, 0.4) is 0 Å². The SMILES string of the molecule is c1ccc(-c2ccc(-c3cc(-c4ccccc4)cc(-c4cccc(-c5cccc(-c6nc(-c7cccc(-c8ccccc8)c7)c7sc8ccccc8c7n6)c5)c4)c3)cc2)cc1. The summed E-state index contributed by atoms with van der Waals surface area (Å²) >= 11 is 1.76. The average Bonchev–Trinajstić information content (AvgIpc) is 3.73. The highest BCUT2D eigenvalue weighted by Gasteiger charge is 2.18. The third-order valence-electron chi connectivity index (χ3n) is 11.5. The van der Waals surface area contributed by atoms with Crippen LogP contribution in [-0.2, 0) is 0 Å². The van der Waals surface area contributed by atoms with Crippen LogP contribution in [0.1, 0.15) is 0 Å². The highest BCUT2D eigenvalue weighted by Crippen LogP contribution is 2.41. The topological polar surface area (TPSA) is 25.8 Å². The summed E-state index contributed by atoms with van der Waals surface area (Å²) in [6.45, 7) is 0. The van der Waals surface area contributed by atoms with E-state index in [0.717, 1.165) is 54.7 Å². The third-order valence-corrected chi connectivity index (χ3v) is 12.6. The fraction of sp³-hybridized carbons (Fsp3) is 0. The first-order valence-corrected chi connectivity index (χ1v) is 21.4. The van der Waals surface area contributed by atoms with Crippen molar-refractivity contribution in [3.05, 3.63) is 231 Å². The summed E-state index contributed by atoms with van der Waals surface area (Å²) in [4.78, 5) is 10.7. The molecule has 0 spiro atoms. The van der Waals surface area contributed by atoms with Gasteiger partial charge in [-0.05, 0) is 109 Å². The lowest BCUT2D eigenvalue weighted by Crippen LogP contribution is -1.94. The van der Waals surface area contributed by atoms with Gasteiger partial charge in [0.2, 0.25) is 0 Å². The summed E-state index contributed by atoms with van der Waals surface area (Å²) in [5, 5.41) is 1.15. The predicted octanol–water partition coefficient (Wildman–Crippen LogP) is 16.2. The second-order valence-electron chi connectivity index (χ2n) is 15.4. The minimum absolute atomic E-state index is 0.715. The van der Waals surface area contributed by atoms with E-state index >= 15 is 0 Å². The third kappa shape index (κ3) is 7.22. The average molecular weight is 795 g/mol. The molecule has 0 atom stereocenters. The molecule has 9 aromatic carbocycles. The van der Waals surface area contributed by atoms with Crippen molar-refractivity contribution < 1.29 is 0 Å². The van der Waals surface area contributed by atoms with Crippen molar-refractivity contribution in [3.63, 3.8) is 0 Å². The summed E-state index contributed by atoms with van der Waals surface area (Å²) < 4.78 is 2.31. The van der Waals surface area contributed by atoms with Gasteiger partial charge in [-0.25, -0.2) is 9.97 Å². The van der Waals surface area contributed by atoms with E-state index in [2.05, 4.69) is 231 Å². The number of rotatable bonds is 8. The fourth-order valence-electron chi connectivity index (χ4n) is 8.35. The van der Waals surface area contributed by atoms with Crippen molar-refractivity contribution in [1.29, 1.82) is 0 Å². The highest BCUT2D eigenvalue weighted by atomic mass is 32.1. The molecule has 0 radical (unpaired) electrons. The fourth-order valence-corrected chi connectivity index (χ4v) is 9.51. The van der Waals surface area contributed by atoms with E-state index in [4.69, 9.17) is 9.97 Å². The van der Waals surface area contributed by atoms with Crippen LogP contribution in [-0.4, -0.2) is 9.97 Å². The molecule has 2 heterocycles. The Morgan fingerprint density at radius 3 is 1.23 bits per heavy atom. The second kappa shape index (κ2) is 15.8. The zero-order valence-electron chi connectivity index (χ0n) is 33.2. The number of aromatic nitrogens is 2. The van der Waals surface area contributed by atoms with E-state index in [9.17, 15) is 0 Å². The molecule has 0 saturated heterocycles. The Morgan fingerprint density at radius 2 is 0.623 bits per heavy atom. The summed E-state index contributed by atoms with van der Waals surface area (Å²) in [6.07, 6.45) is 0. The van der Waals surface area contributed by atoms with Crippen LogP contribution in [0.4, 0.5) is 0 Å². The molecule has 2 aromatic heterocycles. The standard InChI is InChI=1S/C58H38N2S/c1-4-15-39(16-5-1)42-29-31-43(32-30-42)51-36-50(41-19-8-3-9-20-41)37-52(38-51)47-24-12-22-45(33-47)46-23-14-26-49(35-46)58-59-55(57-56(60-58)53-27-10-11-28-54(53)61-57)48-25-13-21-44(34-48)40-17-6-2-7-18-40/h1-38H. The van der Waals surface area contributed by atoms with Crippen molar-refractivity contribution in [2.24, 2.45) is 0 Å². The van der Waals surface area contributed by atoms with Gasteiger partial charge in [-0.3, -0.25) is 0 Å². The van der Waals surface area contributed by atoms with Gasteiger partial charge in [-0.2, -0.15) is 0 Å². The lowest BCUT2D eigenvalue weighted by Gasteiger charge is -2.13. The molecule has 0 bridgehead atoms. The molecule has 61 heavy (non-hydrogen) atoms. The second-order valence-corrected chi connectivity index (χ2v) is 16.4. The number of hydrogen-bond acceptors (Lipinski definition) is 3. The maximum atomic E-state index is 5.37. The van der Waals surface area contributed by atoms with Crippen LogP contribution in [0.5, 0.6) is 0 Å². The van der Waals surface area contributed by atoms with Crippen molar-refractivity contribution >= 4 is 31.6 Å². The number of benzene rings is 9. The monoisotopic (exact) mass is 794 g/mol.